The maximum atomic E-state index is 12.8. The zero-order valence-corrected chi connectivity index (χ0v) is 34.6. The number of nitrogens with two attached hydrogens (primary N) is 3. The minimum absolute atomic E-state index is 0.160. The Labute approximate surface area is 358 Å². The van der Waals surface area contributed by atoms with Crippen LogP contribution in [0.4, 0.5) is 39.3 Å². The first-order valence-electron chi connectivity index (χ1n) is 21.2. The molecule has 3 aliphatic heterocycles. The van der Waals surface area contributed by atoms with Crippen LogP contribution in [0.3, 0.4) is 0 Å². The molecule has 1 aromatic carbocycles. The number of halogens is 1. The summed E-state index contributed by atoms with van der Waals surface area (Å²) in [4.78, 5) is 57.0. The SMILES string of the molecule is Nc1ncnc2ccc(N3CCC(C(=O)N4CCCC4)CC3)nc12.Nc1ncnc2ccc(N3CCCCC3)nc12.Nc1ncnc2ccc(NCCc3ccc(F)cc3)nc12. The van der Waals surface area contributed by atoms with E-state index in [-0.39, 0.29) is 11.7 Å². The smallest absolute Gasteiger partial charge is 0.225 e. The highest BCUT2D eigenvalue weighted by molar-refractivity contribution is 5.86. The fourth-order valence-electron chi connectivity index (χ4n) is 7.97. The van der Waals surface area contributed by atoms with Gasteiger partial charge in [-0.05, 0) is 105 Å². The zero-order chi connectivity index (χ0) is 42.8. The number of fused-ring (bicyclic) bond motifs is 3. The number of benzene rings is 1. The van der Waals surface area contributed by atoms with Gasteiger partial charge in [-0.1, -0.05) is 12.1 Å². The maximum Gasteiger partial charge on any atom is 0.225 e. The summed E-state index contributed by atoms with van der Waals surface area (Å²) < 4.78 is 12.8. The van der Waals surface area contributed by atoms with E-state index in [4.69, 9.17) is 17.2 Å². The molecule has 6 aromatic heterocycles. The first kappa shape index (κ1) is 41.6. The van der Waals surface area contributed by atoms with E-state index in [1.807, 2.05) is 41.3 Å². The van der Waals surface area contributed by atoms with Crippen molar-refractivity contribution in [3.8, 4) is 0 Å². The molecule has 0 spiro atoms. The van der Waals surface area contributed by atoms with Crippen molar-refractivity contribution in [2.24, 2.45) is 5.92 Å². The predicted molar refractivity (Wildman–Crippen MR) is 241 cm³/mol. The first-order chi connectivity index (χ1) is 30.3. The monoisotopic (exact) mass is 838 g/mol. The Balaban J connectivity index is 0.000000130. The van der Waals surface area contributed by atoms with Crippen molar-refractivity contribution in [3.05, 3.63) is 91.0 Å². The van der Waals surface area contributed by atoms with Crippen LogP contribution in [0.5, 0.6) is 0 Å². The molecule has 3 fully saturated rings. The van der Waals surface area contributed by atoms with Gasteiger partial charge < -0.3 is 37.2 Å². The van der Waals surface area contributed by atoms with Crippen molar-refractivity contribution in [2.75, 3.05) is 78.1 Å². The van der Waals surface area contributed by atoms with Crippen LogP contribution in [-0.4, -0.2) is 101 Å². The van der Waals surface area contributed by atoms with Gasteiger partial charge in [0.15, 0.2) is 17.5 Å². The molecule has 0 radical (unpaired) electrons. The van der Waals surface area contributed by atoms with E-state index in [1.165, 1.54) is 50.4 Å². The number of hydrogen-bond donors (Lipinski definition) is 4. The number of hydrogen-bond acceptors (Lipinski definition) is 16. The third kappa shape index (κ3) is 10.1. The van der Waals surface area contributed by atoms with Crippen LogP contribution >= 0.6 is 0 Å². The number of piperidine rings is 2. The number of nitrogens with zero attached hydrogens (tertiary/aromatic N) is 12. The number of aromatic nitrogens is 9. The summed E-state index contributed by atoms with van der Waals surface area (Å²) in [7, 11) is 0. The van der Waals surface area contributed by atoms with E-state index in [1.54, 1.807) is 12.1 Å². The van der Waals surface area contributed by atoms with Crippen LogP contribution < -0.4 is 32.3 Å². The molecule has 0 unspecified atom stereocenters. The largest absolute Gasteiger partial charge is 0.382 e. The quantitative estimate of drug-likeness (QED) is 0.156. The number of amides is 1. The Bertz CT molecular complexity index is 2610. The second-order valence-electron chi connectivity index (χ2n) is 15.6. The Morgan fingerprint density at radius 3 is 1.61 bits per heavy atom. The first-order valence-corrected chi connectivity index (χ1v) is 21.2. The summed E-state index contributed by atoms with van der Waals surface area (Å²) >= 11 is 0. The lowest BCUT2D eigenvalue weighted by Crippen LogP contribution is -2.41. The molecular formula is C44H51FN16O. The number of anilines is 6. The molecule has 62 heavy (non-hydrogen) atoms. The Kier molecular flexibility index (Phi) is 13.1. The second kappa shape index (κ2) is 19.5. The van der Waals surface area contributed by atoms with Crippen molar-refractivity contribution in [1.82, 2.24) is 49.8 Å². The van der Waals surface area contributed by atoms with Crippen LogP contribution in [0.1, 0.15) is 50.5 Å². The summed E-state index contributed by atoms with van der Waals surface area (Å²) in [5.74, 6) is 4.08. The lowest BCUT2D eigenvalue weighted by molar-refractivity contribution is -0.135. The number of carbonyl (C=O) groups is 1. The summed E-state index contributed by atoms with van der Waals surface area (Å²) in [6.45, 7) is 6.40. The molecule has 320 valence electrons. The number of nitrogens with one attached hydrogen (secondary N) is 1. The second-order valence-corrected chi connectivity index (χ2v) is 15.6. The van der Waals surface area contributed by atoms with E-state index >= 15 is 0 Å². The number of carbonyl (C=O) groups excluding carboxylic acids is 1. The third-order valence-corrected chi connectivity index (χ3v) is 11.4. The third-order valence-electron chi connectivity index (χ3n) is 11.4. The Hall–Kier alpha value is -7.11. The van der Waals surface area contributed by atoms with Crippen molar-refractivity contribution in [3.63, 3.8) is 0 Å². The van der Waals surface area contributed by atoms with Crippen LogP contribution in [0, 0.1) is 11.7 Å². The average Bonchev–Trinajstić information content (AvgIpc) is 3.86. The van der Waals surface area contributed by atoms with Crippen LogP contribution in [0.15, 0.2) is 79.6 Å². The minimum Gasteiger partial charge on any atom is -0.382 e. The fraction of sp³-hybridized carbons (Fsp3) is 0.364. The molecule has 3 aliphatic rings. The van der Waals surface area contributed by atoms with Gasteiger partial charge in [0.25, 0.3) is 0 Å². The summed E-state index contributed by atoms with van der Waals surface area (Å²) in [5.41, 5.74) is 22.8. The number of nitrogen functional groups attached to an aromatic ring is 3. The van der Waals surface area contributed by atoms with E-state index in [9.17, 15) is 9.18 Å². The van der Waals surface area contributed by atoms with Gasteiger partial charge in [-0.15, -0.1) is 0 Å². The van der Waals surface area contributed by atoms with Crippen molar-refractivity contribution < 1.29 is 9.18 Å². The molecule has 7 aromatic rings. The summed E-state index contributed by atoms with van der Waals surface area (Å²) in [6.07, 6.45) is 13.0. The lowest BCUT2D eigenvalue weighted by Gasteiger charge is -2.33. The van der Waals surface area contributed by atoms with Gasteiger partial charge in [0, 0.05) is 51.7 Å². The van der Waals surface area contributed by atoms with Crippen molar-refractivity contribution in [1.29, 1.82) is 0 Å². The molecule has 7 N–H and O–H groups in total. The standard InChI is InChI=1S/C17H22N6O.C15H14FN5.C12H15N5/c18-16-15-13(19-11-20-16)3-4-14(21-15)22-9-5-12(6-10-22)17(24)23-7-1-2-8-23;16-11-3-1-10(2-4-11)7-8-18-13-6-5-12-14(21-13)15(17)20-9-19-12;13-12-11-9(14-8-15-12)4-5-10(16-11)17-6-2-1-3-7-17/h3-4,11-12H,1-2,5-10H2,(H2,18,19,20);1-6,9H,7-8H2,(H,18,21)(H2,17,19,20);4-5,8H,1-3,6-7H2,(H2,13,14,15). The highest BCUT2D eigenvalue weighted by atomic mass is 19.1. The van der Waals surface area contributed by atoms with E-state index in [0.717, 1.165) is 99.6 Å². The lowest BCUT2D eigenvalue weighted by atomic mass is 9.95. The van der Waals surface area contributed by atoms with E-state index in [0.29, 0.717) is 57.8 Å². The number of pyridine rings is 3. The van der Waals surface area contributed by atoms with Crippen molar-refractivity contribution >= 4 is 73.9 Å². The highest BCUT2D eigenvalue weighted by Crippen LogP contribution is 2.27. The van der Waals surface area contributed by atoms with Gasteiger partial charge >= 0.3 is 0 Å². The van der Waals surface area contributed by atoms with Gasteiger partial charge in [-0.3, -0.25) is 4.79 Å². The van der Waals surface area contributed by atoms with Gasteiger partial charge in [0.2, 0.25) is 5.91 Å². The highest BCUT2D eigenvalue weighted by Gasteiger charge is 2.30. The van der Waals surface area contributed by atoms with E-state index < -0.39 is 0 Å². The molecule has 3 saturated heterocycles. The molecule has 0 bridgehead atoms. The van der Waals surface area contributed by atoms with Gasteiger partial charge in [0.05, 0.1) is 16.6 Å². The Morgan fingerprint density at radius 2 is 1.06 bits per heavy atom. The summed E-state index contributed by atoms with van der Waals surface area (Å²) in [6, 6.07) is 18.0. The van der Waals surface area contributed by atoms with Crippen molar-refractivity contribution in [2.45, 2.75) is 51.4 Å². The normalized spacial score (nSPS) is 15.5. The maximum absolute atomic E-state index is 12.8. The predicted octanol–water partition coefficient (Wildman–Crippen LogP) is 5.44. The molecule has 0 saturated carbocycles. The van der Waals surface area contributed by atoms with Gasteiger partial charge in [-0.2, -0.15) is 0 Å². The molecule has 9 heterocycles. The topological polar surface area (TPSA) is 233 Å². The van der Waals surface area contributed by atoms with Crippen LogP contribution in [0.25, 0.3) is 33.1 Å². The molecular weight excluding hydrogens is 788 g/mol. The Morgan fingerprint density at radius 1 is 0.581 bits per heavy atom. The van der Waals surface area contributed by atoms with Gasteiger partial charge in [-0.25, -0.2) is 49.2 Å². The molecule has 10 rings (SSSR count). The molecule has 17 nitrogen and oxygen atoms in total. The molecule has 18 heteroatoms. The zero-order valence-electron chi connectivity index (χ0n) is 34.6. The molecule has 0 aliphatic carbocycles. The average molecular weight is 839 g/mol. The van der Waals surface area contributed by atoms with Gasteiger partial charge in [0.1, 0.15) is 58.8 Å². The van der Waals surface area contributed by atoms with Crippen LogP contribution in [0.2, 0.25) is 0 Å². The van der Waals surface area contributed by atoms with E-state index in [2.05, 4.69) is 60.0 Å². The summed E-state index contributed by atoms with van der Waals surface area (Å²) in [5, 5.41) is 3.21. The van der Waals surface area contributed by atoms with Crippen LogP contribution in [-0.2, 0) is 11.2 Å². The number of likely N-dealkylation sites (tertiary alicyclic amines) is 1. The molecule has 0 atom stereocenters. The number of rotatable bonds is 7. The fourth-order valence-corrected chi connectivity index (χ4v) is 7.97. The molecule has 1 amide bonds. The minimum atomic E-state index is -0.224.